The number of hydrogen-bond donors (Lipinski definition) is 1. The Morgan fingerprint density at radius 2 is 2.00 bits per heavy atom. The molecule has 0 unspecified atom stereocenters. The van der Waals surface area contributed by atoms with Gasteiger partial charge in [0.05, 0.1) is 5.02 Å². The van der Waals surface area contributed by atoms with Crippen molar-refractivity contribution in [2.75, 3.05) is 7.05 Å². The maximum atomic E-state index is 6.04. The van der Waals surface area contributed by atoms with E-state index >= 15 is 0 Å². The lowest BCUT2D eigenvalue weighted by atomic mass is 10.2. The van der Waals surface area contributed by atoms with Crippen LogP contribution in [0.4, 0.5) is 0 Å². The third-order valence-corrected chi connectivity index (χ3v) is 2.66. The normalized spacial score (nSPS) is 10.4. The molecule has 18 heavy (non-hydrogen) atoms. The van der Waals surface area contributed by atoms with Crippen molar-refractivity contribution in [2.24, 2.45) is 0 Å². The highest BCUT2D eigenvalue weighted by molar-refractivity contribution is 6.32. The first-order valence-electron chi connectivity index (χ1n) is 5.58. The second-order valence-electron chi connectivity index (χ2n) is 3.94. The number of benzene rings is 1. The van der Waals surface area contributed by atoms with E-state index in [0.29, 0.717) is 16.8 Å². The molecule has 0 spiro atoms. The average molecular weight is 264 g/mol. The first-order chi connectivity index (χ1) is 8.69. The lowest BCUT2D eigenvalue weighted by Gasteiger charge is -2.07. The molecule has 4 nitrogen and oxygen atoms in total. The summed E-state index contributed by atoms with van der Waals surface area (Å²) >= 11 is 6.04. The molecule has 0 aliphatic heterocycles. The first-order valence-corrected chi connectivity index (χ1v) is 5.96. The quantitative estimate of drug-likeness (QED) is 0.921. The Hall–Kier alpha value is -1.65. The summed E-state index contributed by atoms with van der Waals surface area (Å²) in [6.45, 7) is 2.70. The van der Waals surface area contributed by atoms with E-state index in [1.54, 1.807) is 18.5 Å². The van der Waals surface area contributed by atoms with Crippen LogP contribution in [-0.2, 0) is 6.54 Å². The molecule has 0 amide bonds. The Morgan fingerprint density at radius 1 is 1.28 bits per heavy atom. The second kappa shape index (κ2) is 5.80. The molecule has 2 rings (SSSR count). The predicted molar refractivity (Wildman–Crippen MR) is 71.1 cm³/mol. The maximum absolute atomic E-state index is 6.04. The number of rotatable bonds is 4. The molecule has 0 radical (unpaired) electrons. The first kappa shape index (κ1) is 12.8. The maximum Gasteiger partial charge on any atom is 0.321 e. The molecular weight excluding hydrogens is 250 g/mol. The molecule has 0 aliphatic rings. The fourth-order valence-corrected chi connectivity index (χ4v) is 1.63. The number of ether oxygens (including phenoxy) is 1. The lowest BCUT2D eigenvalue weighted by Crippen LogP contribution is -2.06. The highest BCUT2D eigenvalue weighted by Gasteiger charge is 2.05. The van der Waals surface area contributed by atoms with E-state index in [2.05, 4.69) is 15.3 Å². The Balaban J connectivity index is 2.15. The molecule has 0 saturated carbocycles. The Labute approximate surface area is 111 Å². The van der Waals surface area contributed by atoms with E-state index in [1.807, 2.05) is 26.1 Å². The van der Waals surface area contributed by atoms with E-state index in [4.69, 9.17) is 16.3 Å². The Bertz CT molecular complexity index is 528. The highest BCUT2D eigenvalue weighted by atomic mass is 35.5. The van der Waals surface area contributed by atoms with Crippen LogP contribution in [0.3, 0.4) is 0 Å². The van der Waals surface area contributed by atoms with Gasteiger partial charge < -0.3 is 10.1 Å². The second-order valence-corrected chi connectivity index (χ2v) is 4.35. The summed E-state index contributed by atoms with van der Waals surface area (Å²) in [5.74, 6) is 0.568. The van der Waals surface area contributed by atoms with Gasteiger partial charge in [0.25, 0.3) is 0 Å². The van der Waals surface area contributed by atoms with Gasteiger partial charge in [-0.15, -0.1) is 0 Å². The molecule has 0 fully saturated rings. The van der Waals surface area contributed by atoms with Crippen molar-refractivity contribution in [2.45, 2.75) is 13.5 Å². The summed E-state index contributed by atoms with van der Waals surface area (Å²) in [4.78, 5) is 8.26. The van der Waals surface area contributed by atoms with Gasteiger partial charge >= 0.3 is 6.01 Å². The smallest absolute Gasteiger partial charge is 0.321 e. The molecule has 0 saturated heterocycles. The van der Waals surface area contributed by atoms with Crippen molar-refractivity contribution in [3.05, 3.63) is 46.7 Å². The van der Waals surface area contributed by atoms with Gasteiger partial charge in [0.2, 0.25) is 0 Å². The van der Waals surface area contributed by atoms with Crippen LogP contribution in [0, 0.1) is 6.92 Å². The van der Waals surface area contributed by atoms with Crippen LogP contribution in [0.25, 0.3) is 0 Å². The molecule has 0 bridgehead atoms. The highest BCUT2D eigenvalue weighted by Crippen LogP contribution is 2.28. The fourth-order valence-electron chi connectivity index (χ4n) is 1.48. The van der Waals surface area contributed by atoms with Crippen LogP contribution in [0.5, 0.6) is 11.8 Å². The number of nitrogens with one attached hydrogen (secondary N) is 1. The molecular formula is C13H14ClN3O. The van der Waals surface area contributed by atoms with Gasteiger partial charge in [-0.3, -0.25) is 0 Å². The van der Waals surface area contributed by atoms with Crippen molar-refractivity contribution < 1.29 is 4.74 Å². The molecule has 1 heterocycles. The van der Waals surface area contributed by atoms with Crippen LogP contribution < -0.4 is 10.1 Å². The number of hydrogen-bond acceptors (Lipinski definition) is 4. The zero-order valence-electron chi connectivity index (χ0n) is 10.3. The monoisotopic (exact) mass is 263 g/mol. The van der Waals surface area contributed by atoms with Gasteiger partial charge in [-0.1, -0.05) is 17.7 Å². The van der Waals surface area contributed by atoms with Crippen molar-refractivity contribution in [1.82, 2.24) is 15.3 Å². The third kappa shape index (κ3) is 3.18. The number of aryl methyl sites for hydroxylation is 1. The minimum absolute atomic E-state index is 0.294. The molecule has 1 N–H and O–H groups in total. The van der Waals surface area contributed by atoms with E-state index in [0.717, 1.165) is 17.7 Å². The van der Waals surface area contributed by atoms with E-state index in [1.165, 1.54) is 0 Å². The number of nitrogens with zero attached hydrogens (tertiary/aromatic N) is 2. The van der Waals surface area contributed by atoms with Crippen molar-refractivity contribution in [3.63, 3.8) is 0 Å². The number of aromatic nitrogens is 2. The van der Waals surface area contributed by atoms with Gasteiger partial charge in [0, 0.05) is 24.5 Å². The summed E-state index contributed by atoms with van der Waals surface area (Å²) in [5, 5.41) is 3.57. The zero-order valence-corrected chi connectivity index (χ0v) is 11.0. The summed E-state index contributed by atoms with van der Waals surface area (Å²) in [6.07, 6.45) is 3.45. The molecule has 0 aliphatic carbocycles. The van der Waals surface area contributed by atoms with Crippen LogP contribution in [-0.4, -0.2) is 17.0 Å². The molecule has 5 heteroatoms. The number of halogens is 1. The van der Waals surface area contributed by atoms with Crippen LogP contribution >= 0.6 is 11.6 Å². The Kier molecular flexibility index (Phi) is 4.12. The van der Waals surface area contributed by atoms with Gasteiger partial charge in [-0.25, -0.2) is 9.97 Å². The summed E-state index contributed by atoms with van der Waals surface area (Å²) < 4.78 is 5.55. The van der Waals surface area contributed by atoms with Gasteiger partial charge in [0.15, 0.2) is 0 Å². The van der Waals surface area contributed by atoms with E-state index < -0.39 is 0 Å². The van der Waals surface area contributed by atoms with E-state index in [9.17, 15) is 0 Å². The van der Waals surface area contributed by atoms with E-state index in [-0.39, 0.29) is 0 Å². The molecule has 2 aromatic rings. The van der Waals surface area contributed by atoms with Crippen LogP contribution in [0.1, 0.15) is 11.1 Å². The fraction of sp³-hybridized carbons (Fsp3) is 0.231. The Morgan fingerprint density at radius 3 is 2.67 bits per heavy atom. The standard InChI is InChI=1S/C13H14ClN3O/c1-9-3-4-11(14)12(5-9)18-13-16-7-10(6-15-2)8-17-13/h3-5,7-8,15H,6H2,1-2H3. The van der Waals surface area contributed by atoms with Gasteiger partial charge in [-0.05, 0) is 31.7 Å². The predicted octanol–water partition coefficient (Wildman–Crippen LogP) is 2.95. The van der Waals surface area contributed by atoms with Gasteiger partial charge in [0.1, 0.15) is 5.75 Å². The largest absolute Gasteiger partial charge is 0.423 e. The topological polar surface area (TPSA) is 47.0 Å². The molecule has 0 atom stereocenters. The average Bonchev–Trinajstić information content (AvgIpc) is 2.37. The zero-order chi connectivity index (χ0) is 13.0. The summed E-state index contributed by atoms with van der Waals surface area (Å²) in [7, 11) is 1.87. The minimum atomic E-state index is 0.294. The summed E-state index contributed by atoms with van der Waals surface area (Å²) in [5.41, 5.74) is 2.07. The molecule has 94 valence electrons. The van der Waals surface area contributed by atoms with Crippen molar-refractivity contribution >= 4 is 11.6 Å². The third-order valence-electron chi connectivity index (χ3n) is 2.35. The minimum Gasteiger partial charge on any atom is -0.423 e. The van der Waals surface area contributed by atoms with Crippen LogP contribution in [0.2, 0.25) is 5.02 Å². The van der Waals surface area contributed by atoms with Crippen LogP contribution in [0.15, 0.2) is 30.6 Å². The lowest BCUT2D eigenvalue weighted by molar-refractivity contribution is 0.440. The summed E-state index contributed by atoms with van der Waals surface area (Å²) in [6, 6.07) is 5.86. The molecule has 1 aromatic heterocycles. The van der Waals surface area contributed by atoms with Crippen molar-refractivity contribution in [3.8, 4) is 11.8 Å². The van der Waals surface area contributed by atoms with Gasteiger partial charge in [-0.2, -0.15) is 0 Å². The van der Waals surface area contributed by atoms with Crippen molar-refractivity contribution in [1.29, 1.82) is 0 Å². The molecule has 1 aromatic carbocycles. The SMILES string of the molecule is CNCc1cnc(Oc2cc(C)ccc2Cl)nc1.